The lowest BCUT2D eigenvalue weighted by molar-refractivity contribution is 0.0734. The molecule has 0 bridgehead atoms. The molecule has 0 saturated carbocycles. The van der Waals surface area contributed by atoms with Crippen LogP contribution in [0.4, 0.5) is 0 Å². The molecule has 0 spiro atoms. The number of halogens is 1. The Morgan fingerprint density at radius 2 is 1.62 bits per heavy atom. The molecular weight excluding hydrogens is 392 g/mol. The molecule has 3 rings (SSSR count). The van der Waals surface area contributed by atoms with Gasteiger partial charge in [0.05, 0.1) is 18.9 Å². The van der Waals surface area contributed by atoms with Crippen LogP contribution in [0.1, 0.15) is 26.3 Å². The van der Waals surface area contributed by atoms with Crippen LogP contribution in [-0.4, -0.2) is 25.2 Å². The van der Waals surface area contributed by atoms with E-state index in [1.54, 1.807) is 79.9 Å². The smallest absolute Gasteiger partial charge is 0.343 e. The van der Waals surface area contributed by atoms with Crippen LogP contribution in [0.2, 0.25) is 5.02 Å². The molecule has 146 valence electrons. The summed E-state index contributed by atoms with van der Waals surface area (Å²) in [6.07, 6.45) is 1.46. The van der Waals surface area contributed by atoms with Crippen molar-refractivity contribution in [3.8, 4) is 11.5 Å². The van der Waals surface area contributed by atoms with Crippen LogP contribution in [0.25, 0.3) is 0 Å². The summed E-state index contributed by atoms with van der Waals surface area (Å²) in [6.45, 7) is 0. The highest BCUT2D eigenvalue weighted by molar-refractivity contribution is 6.30. The summed E-state index contributed by atoms with van der Waals surface area (Å²) in [7, 11) is 1.56. The van der Waals surface area contributed by atoms with Gasteiger partial charge in [-0.15, -0.1) is 0 Å². The second-order valence-electron chi connectivity index (χ2n) is 5.90. The van der Waals surface area contributed by atoms with Crippen molar-refractivity contribution < 1.29 is 19.1 Å². The molecule has 0 heterocycles. The summed E-state index contributed by atoms with van der Waals surface area (Å²) in [5, 5.41) is 4.48. The molecule has 0 aliphatic rings. The monoisotopic (exact) mass is 408 g/mol. The summed E-state index contributed by atoms with van der Waals surface area (Å²) in [5.74, 6) is 0.170. The van der Waals surface area contributed by atoms with Gasteiger partial charge in [0.25, 0.3) is 5.91 Å². The van der Waals surface area contributed by atoms with Crippen LogP contribution >= 0.6 is 11.6 Å². The van der Waals surface area contributed by atoms with Gasteiger partial charge >= 0.3 is 5.97 Å². The van der Waals surface area contributed by atoms with Crippen LogP contribution in [0.5, 0.6) is 11.5 Å². The number of hydrogen-bond donors (Lipinski definition) is 1. The number of amides is 1. The molecule has 7 heteroatoms. The Morgan fingerprint density at radius 3 is 2.31 bits per heavy atom. The molecule has 0 aliphatic carbocycles. The minimum atomic E-state index is -0.497. The summed E-state index contributed by atoms with van der Waals surface area (Å²) < 4.78 is 10.4. The average Bonchev–Trinajstić information content (AvgIpc) is 2.74. The molecule has 3 aromatic rings. The normalized spacial score (nSPS) is 10.6. The molecule has 1 amide bonds. The lowest BCUT2D eigenvalue weighted by atomic mass is 10.2. The van der Waals surface area contributed by atoms with Crippen LogP contribution in [-0.2, 0) is 0 Å². The lowest BCUT2D eigenvalue weighted by Gasteiger charge is -2.05. The second kappa shape index (κ2) is 9.52. The molecule has 1 N–H and O–H groups in total. The molecule has 3 aromatic carbocycles. The van der Waals surface area contributed by atoms with Crippen molar-refractivity contribution in [1.82, 2.24) is 5.43 Å². The highest BCUT2D eigenvalue weighted by Crippen LogP contribution is 2.16. The number of hydrazone groups is 1. The number of nitrogens with zero attached hydrogens (tertiary/aromatic N) is 1. The number of carbonyl (C=O) groups excluding carboxylic acids is 2. The zero-order valence-corrected chi connectivity index (χ0v) is 16.2. The van der Waals surface area contributed by atoms with Crippen LogP contribution < -0.4 is 14.9 Å². The zero-order chi connectivity index (χ0) is 20.6. The first-order valence-corrected chi connectivity index (χ1v) is 8.98. The molecule has 0 unspecified atom stereocenters. The summed E-state index contributed by atoms with van der Waals surface area (Å²) in [5.41, 5.74) is 3.94. The van der Waals surface area contributed by atoms with Gasteiger partial charge in [0, 0.05) is 10.6 Å². The van der Waals surface area contributed by atoms with Gasteiger partial charge in [0.15, 0.2) is 0 Å². The number of hydrogen-bond acceptors (Lipinski definition) is 5. The molecule has 0 fully saturated rings. The molecule has 0 radical (unpaired) electrons. The molecule has 0 aromatic heterocycles. The number of methoxy groups -OCH3 is 1. The largest absolute Gasteiger partial charge is 0.497 e. The van der Waals surface area contributed by atoms with E-state index in [0.717, 1.165) is 0 Å². The van der Waals surface area contributed by atoms with Gasteiger partial charge in [-0.3, -0.25) is 4.79 Å². The van der Waals surface area contributed by atoms with Crippen molar-refractivity contribution in [2.24, 2.45) is 5.10 Å². The van der Waals surface area contributed by atoms with E-state index < -0.39 is 5.97 Å². The topological polar surface area (TPSA) is 77.0 Å². The fourth-order valence-corrected chi connectivity index (χ4v) is 2.51. The van der Waals surface area contributed by atoms with E-state index in [4.69, 9.17) is 21.1 Å². The van der Waals surface area contributed by atoms with Crippen molar-refractivity contribution in [2.45, 2.75) is 0 Å². The third-order valence-corrected chi connectivity index (χ3v) is 4.13. The lowest BCUT2D eigenvalue weighted by Crippen LogP contribution is -2.17. The Balaban J connectivity index is 1.60. The number of carbonyl (C=O) groups is 2. The van der Waals surface area contributed by atoms with Gasteiger partial charge in [0.1, 0.15) is 11.5 Å². The maximum atomic E-state index is 12.2. The van der Waals surface area contributed by atoms with Gasteiger partial charge in [0.2, 0.25) is 0 Å². The number of ether oxygens (including phenoxy) is 2. The SMILES string of the molecule is COc1ccc(C(=O)N/N=C\c2cccc(OC(=O)c3ccc(Cl)cc3)c2)cc1. The number of rotatable bonds is 6. The zero-order valence-electron chi connectivity index (χ0n) is 15.5. The van der Waals surface area contributed by atoms with Gasteiger partial charge < -0.3 is 9.47 Å². The first-order valence-electron chi connectivity index (χ1n) is 8.60. The minimum absolute atomic E-state index is 0.353. The fraction of sp³-hybridized carbons (Fsp3) is 0.0455. The predicted octanol–water partition coefficient (Wildman–Crippen LogP) is 4.33. The quantitative estimate of drug-likeness (QED) is 0.285. The molecular formula is C22H17ClN2O4. The maximum absolute atomic E-state index is 12.2. The third-order valence-electron chi connectivity index (χ3n) is 3.88. The van der Waals surface area contributed by atoms with E-state index in [1.807, 2.05) is 0 Å². The Kier molecular flexibility index (Phi) is 6.60. The van der Waals surface area contributed by atoms with E-state index in [0.29, 0.717) is 33.2 Å². The van der Waals surface area contributed by atoms with Crippen molar-refractivity contribution >= 4 is 29.7 Å². The van der Waals surface area contributed by atoms with E-state index in [-0.39, 0.29) is 5.91 Å². The minimum Gasteiger partial charge on any atom is -0.497 e. The Morgan fingerprint density at radius 1 is 0.931 bits per heavy atom. The van der Waals surface area contributed by atoms with Crippen LogP contribution in [0.3, 0.4) is 0 Å². The predicted molar refractivity (Wildman–Crippen MR) is 111 cm³/mol. The van der Waals surface area contributed by atoms with Crippen molar-refractivity contribution in [1.29, 1.82) is 0 Å². The fourth-order valence-electron chi connectivity index (χ4n) is 2.38. The Hall–Kier alpha value is -3.64. The van der Waals surface area contributed by atoms with Gasteiger partial charge in [-0.05, 0) is 66.2 Å². The Bertz CT molecular complexity index is 1030. The first kappa shape index (κ1) is 20.1. The number of nitrogens with one attached hydrogen (secondary N) is 1. The average molecular weight is 409 g/mol. The van der Waals surface area contributed by atoms with Gasteiger partial charge in [-0.2, -0.15) is 5.10 Å². The summed E-state index contributed by atoms with van der Waals surface area (Å²) >= 11 is 5.82. The molecule has 29 heavy (non-hydrogen) atoms. The van der Waals surface area contributed by atoms with E-state index >= 15 is 0 Å². The molecule has 0 saturated heterocycles. The van der Waals surface area contributed by atoms with E-state index in [1.165, 1.54) is 6.21 Å². The Labute approximate surface area is 172 Å². The van der Waals surface area contributed by atoms with E-state index in [2.05, 4.69) is 10.5 Å². The maximum Gasteiger partial charge on any atom is 0.343 e. The van der Waals surface area contributed by atoms with Crippen LogP contribution in [0.15, 0.2) is 77.9 Å². The van der Waals surface area contributed by atoms with Gasteiger partial charge in [-0.25, -0.2) is 10.2 Å². The van der Waals surface area contributed by atoms with Crippen molar-refractivity contribution in [3.05, 3.63) is 94.5 Å². The molecule has 6 nitrogen and oxygen atoms in total. The third kappa shape index (κ3) is 5.67. The van der Waals surface area contributed by atoms with Crippen LogP contribution in [0, 0.1) is 0 Å². The summed E-state index contributed by atoms with van der Waals surface area (Å²) in [4.78, 5) is 24.3. The number of benzene rings is 3. The molecule has 0 atom stereocenters. The number of esters is 1. The molecule has 0 aliphatic heterocycles. The highest BCUT2D eigenvalue weighted by Gasteiger charge is 2.09. The van der Waals surface area contributed by atoms with E-state index in [9.17, 15) is 9.59 Å². The van der Waals surface area contributed by atoms with Gasteiger partial charge in [-0.1, -0.05) is 23.7 Å². The van der Waals surface area contributed by atoms with Crippen molar-refractivity contribution in [2.75, 3.05) is 7.11 Å². The standard InChI is InChI=1S/C22H17ClN2O4/c1-28-19-11-7-16(8-12-19)21(26)25-24-14-15-3-2-4-20(13-15)29-22(27)17-5-9-18(23)10-6-17/h2-14H,1H3,(H,25,26)/b24-14-. The second-order valence-corrected chi connectivity index (χ2v) is 6.33. The first-order chi connectivity index (χ1) is 14.0. The summed E-state index contributed by atoms with van der Waals surface area (Å²) in [6, 6.07) is 19.8. The van der Waals surface area contributed by atoms with Crippen molar-refractivity contribution in [3.63, 3.8) is 0 Å². The highest BCUT2D eigenvalue weighted by atomic mass is 35.5.